The van der Waals surface area contributed by atoms with Gasteiger partial charge in [0.05, 0.1) is 5.69 Å². The summed E-state index contributed by atoms with van der Waals surface area (Å²) in [7, 11) is -3.65. The lowest BCUT2D eigenvalue weighted by atomic mass is 10.1. The van der Waals surface area contributed by atoms with Crippen molar-refractivity contribution in [1.82, 2.24) is 9.55 Å². The number of hydrogen-bond donors (Lipinski definition) is 0. The van der Waals surface area contributed by atoms with Crippen LogP contribution < -0.4 is 4.87 Å². The van der Waals surface area contributed by atoms with Crippen molar-refractivity contribution >= 4 is 21.2 Å². The molecule has 0 aliphatic carbocycles. The molecule has 124 valence electrons. The summed E-state index contributed by atoms with van der Waals surface area (Å²) in [5, 5.41) is 1.60. The van der Waals surface area contributed by atoms with Crippen LogP contribution in [0.25, 0.3) is 17.1 Å². The van der Waals surface area contributed by atoms with Gasteiger partial charge in [-0.3, -0.25) is 9.36 Å². The maximum absolute atomic E-state index is 14.2. The Balaban J connectivity index is 2.19. The summed E-state index contributed by atoms with van der Waals surface area (Å²) >= 11 is 0.969. The molecule has 0 unspecified atom stereocenters. The van der Waals surface area contributed by atoms with Crippen molar-refractivity contribution in [3.05, 3.63) is 63.0 Å². The van der Waals surface area contributed by atoms with Crippen LogP contribution in [0.4, 0.5) is 4.39 Å². The van der Waals surface area contributed by atoms with E-state index in [1.807, 2.05) is 0 Å². The van der Waals surface area contributed by atoms with E-state index in [9.17, 15) is 17.6 Å². The molecule has 0 N–H and O–H groups in total. The molecule has 0 saturated heterocycles. The van der Waals surface area contributed by atoms with E-state index in [1.165, 1.54) is 16.7 Å². The highest BCUT2D eigenvalue weighted by Crippen LogP contribution is 2.26. The third-order valence-electron chi connectivity index (χ3n) is 3.42. The lowest BCUT2D eigenvalue weighted by Gasteiger charge is -2.09. The molecule has 2 aromatic heterocycles. The van der Waals surface area contributed by atoms with E-state index in [4.69, 9.17) is 0 Å². The van der Waals surface area contributed by atoms with Crippen LogP contribution in [0.3, 0.4) is 0 Å². The largest absolute Gasteiger partial charge is 0.313 e. The number of thiazole rings is 1. The summed E-state index contributed by atoms with van der Waals surface area (Å²) < 4.78 is 38.6. The van der Waals surface area contributed by atoms with Gasteiger partial charge in [-0.15, -0.1) is 0 Å². The third kappa shape index (κ3) is 3.02. The Kier molecular flexibility index (Phi) is 4.10. The van der Waals surface area contributed by atoms with Crippen molar-refractivity contribution in [3.8, 4) is 17.1 Å². The number of hydrogen-bond acceptors (Lipinski definition) is 5. The van der Waals surface area contributed by atoms with Crippen LogP contribution in [0.5, 0.6) is 0 Å². The fraction of sp³-hybridized carbons (Fsp3) is 0.125. The van der Waals surface area contributed by atoms with Crippen LogP contribution in [0.1, 0.15) is 5.69 Å². The predicted molar refractivity (Wildman–Crippen MR) is 91.0 cm³/mol. The van der Waals surface area contributed by atoms with Crippen molar-refractivity contribution in [3.63, 3.8) is 0 Å². The van der Waals surface area contributed by atoms with Crippen molar-refractivity contribution in [2.45, 2.75) is 11.8 Å². The zero-order chi connectivity index (χ0) is 17.5. The van der Waals surface area contributed by atoms with Gasteiger partial charge in [0.15, 0.2) is 9.84 Å². The highest BCUT2D eigenvalue weighted by molar-refractivity contribution is 7.90. The fourth-order valence-electron chi connectivity index (χ4n) is 2.34. The second-order valence-corrected chi connectivity index (χ2v) is 8.08. The van der Waals surface area contributed by atoms with Gasteiger partial charge < -0.3 is 0 Å². The van der Waals surface area contributed by atoms with Crippen molar-refractivity contribution in [2.24, 2.45) is 0 Å². The molecule has 0 bridgehead atoms. The first-order valence-corrected chi connectivity index (χ1v) is 9.69. The molecule has 1 aromatic carbocycles. The van der Waals surface area contributed by atoms with E-state index in [1.54, 1.807) is 30.5 Å². The molecule has 3 aromatic rings. The Hall–Kier alpha value is -2.32. The molecule has 0 aliphatic heterocycles. The Morgan fingerprint density at radius 1 is 1.21 bits per heavy atom. The summed E-state index contributed by atoms with van der Waals surface area (Å²) in [4.78, 5) is 15.9. The minimum Gasteiger partial charge on any atom is -0.256 e. The number of halogens is 1. The summed E-state index contributed by atoms with van der Waals surface area (Å²) in [6, 6.07) is 9.07. The van der Waals surface area contributed by atoms with Crippen LogP contribution in [-0.4, -0.2) is 24.2 Å². The van der Waals surface area contributed by atoms with E-state index >= 15 is 0 Å². The van der Waals surface area contributed by atoms with Gasteiger partial charge in [-0.25, -0.2) is 17.8 Å². The molecule has 0 amide bonds. The van der Waals surface area contributed by atoms with Gasteiger partial charge in [0.1, 0.15) is 16.5 Å². The highest BCUT2D eigenvalue weighted by atomic mass is 32.2. The maximum Gasteiger partial charge on any atom is 0.313 e. The zero-order valence-electron chi connectivity index (χ0n) is 12.9. The van der Waals surface area contributed by atoms with E-state index in [2.05, 4.69) is 4.98 Å². The van der Waals surface area contributed by atoms with Gasteiger partial charge in [0, 0.05) is 22.9 Å². The van der Waals surface area contributed by atoms with Crippen LogP contribution in [0.15, 0.2) is 51.5 Å². The second kappa shape index (κ2) is 5.95. The number of sulfone groups is 1. The molecule has 0 radical (unpaired) electrons. The van der Waals surface area contributed by atoms with Crippen LogP contribution in [-0.2, 0) is 9.84 Å². The minimum atomic E-state index is -3.65. The average molecular weight is 364 g/mol. The molecule has 0 atom stereocenters. The molecule has 5 nitrogen and oxygen atoms in total. The number of benzene rings is 1. The number of pyridine rings is 1. The smallest absolute Gasteiger partial charge is 0.256 e. The molecule has 0 fully saturated rings. The monoisotopic (exact) mass is 364 g/mol. The number of rotatable bonds is 3. The van der Waals surface area contributed by atoms with Crippen molar-refractivity contribution < 1.29 is 12.8 Å². The molecular formula is C16H13FN2O3S2. The number of aromatic nitrogens is 2. The Bertz CT molecular complexity index is 1080. The molecule has 0 saturated carbocycles. The highest BCUT2D eigenvalue weighted by Gasteiger charge is 2.17. The van der Waals surface area contributed by atoms with E-state index in [0.29, 0.717) is 17.1 Å². The standard InChI is InChI=1S/C16H13FN2O3S2/c1-10-4-3-5-15(18-10)19-13(9-23-16(19)20)11-6-7-14(12(17)8-11)24(2,21)22/h3-9H,1-2H3. The Morgan fingerprint density at radius 3 is 2.58 bits per heavy atom. The lowest BCUT2D eigenvalue weighted by molar-refractivity contribution is 0.571. The van der Waals surface area contributed by atoms with Gasteiger partial charge >= 0.3 is 4.87 Å². The summed E-state index contributed by atoms with van der Waals surface area (Å²) in [5.74, 6) is -0.416. The molecular weight excluding hydrogens is 351 g/mol. The van der Waals surface area contributed by atoms with Gasteiger partial charge in [-0.2, -0.15) is 0 Å². The van der Waals surface area contributed by atoms with E-state index < -0.39 is 15.7 Å². The molecule has 2 heterocycles. The molecule has 8 heteroatoms. The van der Waals surface area contributed by atoms with Gasteiger partial charge in [-0.1, -0.05) is 23.5 Å². The first-order chi connectivity index (χ1) is 11.3. The normalized spacial score (nSPS) is 11.6. The first-order valence-electron chi connectivity index (χ1n) is 6.92. The molecule has 24 heavy (non-hydrogen) atoms. The van der Waals surface area contributed by atoms with Crippen molar-refractivity contribution in [2.75, 3.05) is 6.26 Å². The Morgan fingerprint density at radius 2 is 1.96 bits per heavy atom. The maximum atomic E-state index is 14.2. The van der Waals surface area contributed by atoms with Crippen LogP contribution in [0, 0.1) is 12.7 Å². The zero-order valence-corrected chi connectivity index (χ0v) is 14.5. The fourth-order valence-corrected chi connectivity index (χ4v) is 3.82. The van der Waals surface area contributed by atoms with E-state index in [-0.39, 0.29) is 9.77 Å². The van der Waals surface area contributed by atoms with Crippen LogP contribution >= 0.6 is 11.3 Å². The summed E-state index contributed by atoms with van der Waals surface area (Å²) in [5.41, 5.74) is 1.61. The van der Waals surface area contributed by atoms with Gasteiger partial charge in [-0.05, 0) is 31.2 Å². The summed E-state index contributed by atoms with van der Waals surface area (Å²) in [6.07, 6.45) is 0.947. The SMILES string of the molecule is Cc1cccc(-n2c(-c3ccc(S(C)(=O)=O)c(F)c3)csc2=O)n1. The quantitative estimate of drug-likeness (QED) is 0.717. The second-order valence-electron chi connectivity index (χ2n) is 5.28. The lowest BCUT2D eigenvalue weighted by Crippen LogP contribution is -2.13. The van der Waals surface area contributed by atoms with Crippen LogP contribution in [0.2, 0.25) is 0 Å². The van der Waals surface area contributed by atoms with Gasteiger partial charge in [0.2, 0.25) is 0 Å². The topological polar surface area (TPSA) is 69.0 Å². The average Bonchev–Trinajstić information content (AvgIpc) is 2.87. The third-order valence-corrected chi connectivity index (χ3v) is 5.28. The Labute approximate surface area is 142 Å². The summed E-state index contributed by atoms with van der Waals surface area (Å²) in [6.45, 7) is 1.81. The van der Waals surface area contributed by atoms with E-state index in [0.717, 1.165) is 29.4 Å². The molecule has 0 spiro atoms. The van der Waals surface area contributed by atoms with Gasteiger partial charge in [0.25, 0.3) is 0 Å². The predicted octanol–water partition coefficient (Wildman–Crippen LogP) is 2.81. The first kappa shape index (κ1) is 16.5. The molecule has 3 rings (SSSR count). The van der Waals surface area contributed by atoms with Crippen molar-refractivity contribution in [1.29, 1.82) is 0 Å². The number of aryl methyl sites for hydroxylation is 1. The minimum absolute atomic E-state index is 0.254. The molecule has 0 aliphatic rings. The number of nitrogens with zero attached hydrogens (tertiary/aromatic N) is 2.